The third-order valence-electron chi connectivity index (χ3n) is 3.54. The van der Waals surface area contributed by atoms with Crippen LogP contribution in [0.3, 0.4) is 0 Å². The summed E-state index contributed by atoms with van der Waals surface area (Å²) in [5.41, 5.74) is 7.81. The van der Waals surface area contributed by atoms with Gasteiger partial charge in [0.2, 0.25) is 5.91 Å². The van der Waals surface area contributed by atoms with E-state index in [2.05, 4.69) is 6.07 Å². The van der Waals surface area contributed by atoms with Crippen LogP contribution in [0.1, 0.15) is 19.4 Å². The Bertz CT molecular complexity index is 586. The molecular formula is C15H21N3O. The van der Waals surface area contributed by atoms with Gasteiger partial charge in [-0.1, -0.05) is 6.07 Å². The molecule has 1 amide bonds. The van der Waals surface area contributed by atoms with Crippen molar-refractivity contribution in [2.45, 2.75) is 33.0 Å². The molecule has 4 nitrogen and oxygen atoms in total. The van der Waals surface area contributed by atoms with E-state index in [1.165, 1.54) is 0 Å². The second kappa shape index (κ2) is 5.45. The molecular weight excluding hydrogens is 238 g/mol. The first-order valence-electron chi connectivity index (χ1n) is 6.56. The largest absolute Gasteiger partial charge is 0.342 e. The monoisotopic (exact) mass is 259 g/mol. The van der Waals surface area contributed by atoms with Gasteiger partial charge >= 0.3 is 0 Å². The van der Waals surface area contributed by atoms with E-state index < -0.39 is 0 Å². The maximum Gasteiger partial charge on any atom is 0.242 e. The van der Waals surface area contributed by atoms with Crippen LogP contribution >= 0.6 is 0 Å². The van der Waals surface area contributed by atoms with Crippen LogP contribution in [0.15, 0.2) is 30.5 Å². The zero-order valence-electron chi connectivity index (χ0n) is 11.8. The predicted molar refractivity (Wildman–Crippen MR) is 77.7 cm³/mol. The fourth-order valence-electron chi connectivity index (χ4n) is 2.06. The Kier molecular flexibility index (Phi) is 3.90. The molecule has 1 aromatic carbocycles. The molecule has 2 aromatic rings. The number of likely N-dealkylation sites (N-methyl/N-ethyl adjacent to an activating group) is 1. The molecule has 0 aliphatic carbocycles. The number of rotatable bonds is 4. The molecule has 0 bridgehead atoms. The van der Waals surface area contributed by atoms with Gasteiger partial charge in [0, 0.05) is 31.3 Å². The van der Waals surface area contributed by atoms with E-state index >= 15 is 0 Å². The van der Waals surface area contributed by atoms with Crippen LogP contribution in [0.5, 0.6) is 0 Å². The fourth-order valence-corrected chi connectivity index (χ4v) is 2.06. The number of carbonyl (C=O) groups excluding carboxylic acids is 1. The van der Waals surface area contributed by atoms with E-state index in [1.54, 1.807) is 4.90 Å². The number of amides is 1. The van der Waals surface area contributed by atoms with E-state index in [0.29, 0.717) is 13.1 Å². The minimum atomic E-state index is 0.121. The summed E-state index contributed by atoms with van der Waals surface area (Å²) in [6.07, 6.45) is 1.96. The van der Waals surface area contributed by atoms with Crippen molar-refractivity contribution in [3.8, 4) is 0 Å². The topological polar surface area (TPSA) is 51.3 Å². The third kappa shape index (κ3) is 2.79. The van der Waals surface area contributed by atoms with Crippen molar-refractivity contribution < 1.29 is 4.79 Å². The van der Waals surface area contributed by atoms with Gasteiger partial charge < -0.3 is 15.2 Å². The lowest BCUT2D eigenvalue weighted by Gasteiger charge is -2.21. The summed E-state index contributed by atoms with van der Waals surface area (Å²) in [4.78, 5) is 13.9. The second-order valence-electron chi connectivity index (χ2n) is 5.14. The smallest absolute Gasteiger partial charge is 0.242 e. The molecule has 0 atom stereocenters. The molecule has 19 heavy (non-hydrogen) atoms. The normalized spacial score (nSPS) is 11.2. The number of carbonyl (C=O) groups is 1. The van der Waals surface area contributed by atoms with E-state index in [-0.39, 0.29) is 11.9 Å². The maximum absolute atomic E-state index is 12.1. The first-order valence-corrected chi connectivity index (χ1v) is 6.56. The summed E-state index contributed by atoms with van der Waals surface area (Å²) in [6, 6.07) is 8.35. The van der Waals surface area contributed by atoms with Crippen molar-refractivity contribution in [3.63, 3.8) is 0 Å². The molecule has 0 aliphatic rings. The standard InChI is InChI=1S/C15H21N3O/c1-11(2)17(3)15(19)10-18-7-6-13-8-12(9-16)4-5-14(13)18/h4-8,11H,9-10,16H2,1-3H3. The molecule has 2 rings (SSSR count). The van der Waals surface area contributed by atoms with Crippen LogP contribution in [0, 0.1) is 0 Å². The quantitative estimate of drug-likeness (QED) is 0.912. The van der Waals surface area contributed by atoms with Crippen LogP contribution in [0.4, 0.5) is 0 Å². The zero-order chi connectivity index (χ0) is 14.0. The SMILES string of the molecule is CC(C)N(C)C(=O)Cn1ccc2cc(CN)ccc21. The molecule has 1 aromatic heterocycles. The molecule has 0 fully saturated rings. The number of benzene rings is 1. The molecule has 2 N–H and O–H groups in total. The summed E-state index contributed by atoms with van der Waals surface area (Å²) in [6.45, 7) is 4.94. The zero-order valence-corrected chi connectivity index (χ0v) is 11.8. The van der Waals surface area contributed by atoms with Gasteiger partial charge in [-0.3, -0.25) is 4.79 Å². The average molecular weight is 259 g/mol. The molecule has 0 spiro atoms. The summed E-state index contributed by atoms with van der Waals surface area (Å²) in [5.74, 6) is 0.121. The van der Waals surface area contributed by atoms with Crippen LogP contribution in [0.25, 0.3) is 10.9 Å². The number of hydrogen-bond donors (Lipinski definition) is 1. The Morgan fingerprint density at radius 3 is 2.74 bits per heavy atom. The van der Waals surface area contributed by atoms with Gasteiger partial charge in [0.15, 0.2) is 0 Å². The highest BCUT2D eigenvalue weighted by Crippen LogP contribution is 2.18. The molecule has 0 unspecified atom stereocenters. The van der Waals surface area contributed by atoms with E-state index in [4.69, 9.17) is 5.73 Å². The fraction of sp³-hybridized carbons (Fsp3) is 0.400. The van der Waals surface area contributed by atoms with E-state index in [0.717, 1.165) is 16.5 Å². The van der Waals surface area contributed by atoms with Crippen molar-refractivity contribution in [1.29, 1.82) is 0 Å². The Morgan fingerprint density at radius 1 is 1.37 bits per heavy atom. The minimum Gasteiger partial charge on any atom is -0.342 e. The molecule has 1 heterocycles. The molecule has 0 saturated heterocycles. The lowest BCUT2D eigenvalue weighted by molar-refractivity contribution is -0.131. The first-order chi connectivity index (χ1) is 9.02. The lowest BCUT2D eigenvalue weighted by atomic mass is 10.1. The van der Waals surface area contributed by atoms with Crippen LogP contribution in [0.2, 0.25) is 0 Å². The van der Waals surface area contributed by atoms with Gasteiger partial charge in [0.25, 0.3) is 0 Å². The van der Waals surface area contributed by atoms with Crippen molar-refractivity contribution >= 4 is 16.8 Å². The van der Waals surface area contributed by atoms with Gasteiger partial charge in [-0.25, -0.2) is 0 Å². The van der Waals surface area contributed by atoms with Crippen molar-refractivity contribution in [2.24, 2.45) is 5.73 Å². The van der Waals surface area contributed by atoms with Gasteiger partial charge in [-0.05, 0) is 43.0 Å². The summed E-state index contributed by atoms with van der Waals surface area (Å²) in [7, 11) is 1.84. The van der Waals surface area contributed by atoms with Crippen molar-refractivity contribution in [2.75, 3.05) is 7.05 Å². The number of aromatic nitrogens is 1. The lowest BCUT2D eigenvalue weighted by Crippen LogP contribution is -2.35. The Labute approximate surface area is 113 Å². The highest BCUT2D eigenvalue weighted by molar-refractivity contribution is 5.83. The second-order valence-corrected chi connectivity index (χ2v) is 5.14. The molecule has 0 saturated carbocycles. The van der Waals surface area contributed by atoms with Gasteiger partial charge in [-0.2, -0.15) is 0 Å². The summed E-state index contributed by atoms with van der Waals surface area (Å²) < 4.78 is 1.98. The molecule has 4 heteroatoms. The van der Waals surface area contributed by atoms with Gasteiger partial charge in [-0.15, -0.1) is 0 Å². The van der Waals surface area contributed by atoms with Crippen molar-refractivity contribution in [3.05, 3.63) is 36.0 Å². The Hall–Kier alpha value is -1.81. The Morgan fingerprint density at radius 2 is 2.11 bits per heavy atom. The molecule has 0 radical (unpaired) electrons. The van der Waals surface area contributed by atoms with Crippen LogP contribution in [-0.4, -0.2) is 28.5 Å². The average Bonchev–Trinajstić information content (AvgIpc) is 2.79. The van der Waals surface area contributed by atoms with E-state index in [1.807, 2.05) is 49.9 Å². The number of nitrogens with two attached hydrogens (primary N) is 1. The summed E-state index contributed by atoms with van der Waals surface area (Å²) >= 11 is 0. The van der Waals surface area contributed by atoms with Crippen LogP contribution < -0.4 is 5.73 Å². The molecule has 0 aliphatic heterocycles. The van der Waals surface area contributed by atoms with Gasteiger partial charge in [0.1, 0.15) is 6.54 Å². The highest BCUT2D eigenvalue weighted by Gasteiger charge is 2.13. The highest BCUT2D eigenvalue weighted by atomic mass is 16.2. The first kappa shape index (κ1) is 13.6. The minimum absolute atomic E-state index is 0.121. The molecule has 102 valence electrons. The number of fused-ring (bicyclic) bond motifs is 1. The number of hydrogen-bond acceptors (Lipinski definition) is 2. The summed E-state index contributed by atoms with van der Waals surface area (Å²) in [5, 5.41) is 1.13. The Balaban J connectivity index is 2.24. The maximum atomic E-state index is 12.1. The van der Waals surface area contributed by atoms with Crippen LogP contribution in [-0.2, 0) is 17.9 Å². The van der Waals surface area contributed by atoms with E-state index in [9.17, 15) is 4.79 Å². The predicted octanol–water partition coefficient (Wildman–Crippen LogP) is 1.97. The van der Waals surface area contributed by atoms with Crippen molar-refractivity contribution in [1.82, 2.24) is 9.47 Å². The number of nitrogens with zero attached hydrogens (tertiary/aromatic N) is 2. The van der Waals surface area contributed by atoms with Gasteiger partial charge in [0.05, 0.1) is 0 Å². The third-order valence-corrected chi connectivity index (χ3v) is 3.54.